The van der Waals surface area contributed by atoms with Crippen molar-refractivity contribution >= 4 is 17.6 Å². The fourth-order valence-electron chi connectivity index (χ4n) is 3.00. The highest BCUT2D eigenvalue weighted by Gasteiger charge is 2.12. The molecular formula is C25H28N4O3. The molecule has 32 heavy (non-hydrogen) atoms. The topological polar surface area (TPSA) is 95.5 Å². The number of ether oxygens (including phenoxy) is 2. The maximum absolute atomic E-state index is 12.2. The van der Waals surface area contributed by atoms with Crippen LogP contribution in [0.2, 0.25) is 0 Å². The molecule has 7 nitrogen and oxygen atoms in total. The summed E-state index contributed by atoms with van der Waals surface area (Å²) in [6, 6.07) is 22.4. The Morgan fingerprint density at radius 2 is 1.69 bits per heavy atom. The number of amides is 1. The van der Waals surface area contributed by atoms with Crippen molar-refractivity contribution in [2.75, 3.05) is 18.7 Å². The number of hydrogen-bond acceptors (Lipinski definition) is 4. The molecule has 0 spiro atoms. The van der Waals surface area contributed by atoms with Crippen molar-refractivity contribution in [2.24, 2.45) is 0 Å². The molecule has 0 aliphatic rings. The van der Waals surface area contributed by atoms with E-state index in [0.717, 1.165) is 11.1 Å². The van der Waals surface area contributed by atoms with Crippen molar-refractivity contribution in [3.63, 3.8) is 0 Å². The van der Waals surface area contributed by atoms with Gasteiger partial charge in [0.05, 0.1) is 5.69 Å². The highest BCUT2D eigenvalue weighted by atomic mass is 16.7. The number of rotatable bonds is 9. The summed E-state index contributed by atoms with van der Waals surface area (Å²) in [5.41, 5.74) is 3.28. The van der Waals surface area contributed by atoms with Gasteiger partial charge in [-0.15, -0.1) is 0 Å². The van der Waals surface area contributed by atoms with Crippen LogP contribution < -0.4 is 25.4 Å². The number of benzene rings is 3. The summed E-state index contributed by atoms with van der Waals surface area (Å²) in [5.74, 6) is 1.01. The molecule has 0 saturated heterocycles. The van der Waals surface area contributed by atoms with Gasteiger partial charge in [-0.2, -0.15) is 0 Å². The van der Waals surface area contributed by atoms with Gasteiger partial charge in [-0.05, 0) is 55.3 Å². The van der Waals surface area contributed by atoms with E-state index >= 15 is 0 Å². The molecule has 3 aromatic carbocycles. The normalized spacial score (nSPS) is 10.2. The predicted molar refractivity (Wildman–Crippen MR) is 126 cm³/mol. The van der Waals surface area contributed by atoms with Crippen LogP contribution in [0.25, 0.3) is 0 Å². The third-order valence-electron chi connectivity index (χ3n) is 4.74. The summed E-state index contributed by atoms with van der Waals surface area (Å²) in [5, 5.41) is 17.1. The van der Waals surface area contributed by atoms with Gasteiger partial charge in [-0.3, -0.25) is 10.2 Å². The van der Waals surface area contributed by atoms with Crippen molar-refractivity contribution in [1.29, 1.82) is 5.41 Å². The van der Waals surface area contributed by atoms with Gasteiger partial charge in [0.1, 0.15) is 11.5 Å². The molecule has 0 radical (unpaired) electrons. The van der Waals surface area contributed by atoms with Crippen molar-refractivity contribution in [3.05, 3.63) is 89.5 Å². The van der Waals surface area contributed by atoms with Crippen LogP contribution >= 0.6 is 0 Å². The number of nitrogens with one attached hydrogen (secondary N) is 4. The quantitative estimate of drug-likeness (QED) is 0.230. The Kier molecular flexibility index (Phi) is 8.09. The van der Waals surface area contributed by atoms with E-state index in [9.17, 15) is 4.79 Å². The van der Waals surface area contributed by atoms with Gasteiger partial charge in [0, 0.05) is 18.7 Å². The molecule has 1 amide bonds. The van der Waals surface area contributed by atoms with Crippen LogP contribution in [0, 0.1) is 12.3 Å². The van der Waals surface area contributed by atoms with Gasteiger partial charge in [0.15, 0.2) is 5.96 Å². The molecule has 0 aliphatic carbocycles. The number of anilines is 1. The minimum atomic E-state index is -0.194. The summed E-state index contributed by atoms with van der Waals surface area (Å²) >= 11 is 0. The van der Waals surface area contributed by atoms with Crippen LogP contribution in [0.5, 0.6) is 11.5 Å². The molecular weight excluding hydrogens is 404 g/mol. The first-order valence-electron chi connectivity index (χ1n) is 10.4. The van der Waals surface area contributed by atoms with E-state index in [1.165, 1.54) is 0 Å². The molecule has 0 aliphatic heterocycles. The fourth-order valence-corrected chi connectivity index (χ4v) is 3.00. The van der Waals surface area contributed by atoms with Gasteiger partial charge >= 0.3 is 0 Å². The molecule has 7 heteroatoms. The minimum Gasteiger partial charge on any atom is -0.458 e. The molecule has 0 atom stereocenters. The van der Waals surface area contributed by atoms with Crippen LogP contribution in [-0.2, 0) is 6.54 Å². The Hall–Kier alpha value is -4.00. The van der Waals surface area contributed by atoms with Crippen molar-refractivity contribution in [2.45, 2.75) is 20.4 Å². The molecule has 4 N–H and O–H groups in total. The zero-order valence-corrected chi connectivity index (χ0v) is 18.3. The monoisotopic (exact) mass is 432 g/mol. The molecule has 0 fully saturated rings. The Balaban J connectivity index is 1.68. The van der Waals surface area contributed by atoms with Crippen LogP contribution in [0.3, 0.4) is 0 Å². The lowest BCUT2D eigenvalue weighted by Crippen LogP contribution is -2.29. The Labute approximate surface area is 188 Å². The van der Waals surface area contributed by atoms with E-state index in [1.807, 2.05) is 68.4 Å². The van der Waals surface area contributed by atoms with E-state index < -0.39 is 0 Å². The average molecular weight is 433 g/mol. The minimum absolute atomic E-state index is 0.0402. The Morgan fingerprint density at radius 3 is 2.44 bits per heavy atom. The number of hydrogen-bond donors (Lipinski definition) is 4. The van der Waals surface area contributed by atoms with Gasteiger partial charge < -0.3 is 25.4 Å². The van der Waals surface area contributed by atoms with Crippen molar-refractivity contribution < 1.29 is 14.3 Å². The standard InChI is InChI=1S/C25H28N4O3/c1-3-27-24(30)19-13-14-22(23(15-19)32-17-31-21-11-5-4-6-12-21)29-25(26)28-16-20-10-8-7-9-18(20)2/h4-15H,3,16-17H2,1-2H3,(H,27,30)(H3,26,28,29). The molecule has 0 heterocycles. The SMILES string of the molecule is CCNC(=O)c1ccc(NC(=N)NCc2ccccc2C)c(OCOc2ccccc2)c1. The lowest BCUT2D eigenvalue weighted by atomic mass is 10.1. The number of carbonyl (C=O) groups excluding carboxylic acids is 1. The molecule has 3 aromatic rings. The second kappa shape index (κ2) is 11.4. The summed E-state index contributed by atoms with van der Waals surface area (Å²) in [6.07, 6.45) is 0. The molecule has 166 valence electrons. The lowest BCUT2D eigenvalue weighted by molar-refractivity contribution is 0.0953. The molecule has 3 rings (SSSR count). The van der Waals surface area contributed by atoms with Crippen LogP contribution in [0.4, 0.5) is 5.69 Å². The van der Waals surface area contributed by atoms with E-state index in [2.05, 4.69) is 16.0 Å². The summed E-state index contributed by atoms with van der Waals surface area (Å²) < 4.78 is 11.4. The summed E-state index contributed by atoms with van der Waals surface area (Å²) in [7, 11) is 0. The average Bonchev–Trinajstić information content (AvgIpc) is 2.80. The van der Waals surface area contributed by atoms with E-state index in [4.69, 9.17) is 14.9 Å². The summed E-state index contributed by atoms with van der Waals surface area (Å²) in [6.45, 7) is 4.90. The predicted octanol–water partition coefficient (Wildman–Crippen LogP) is 4.30. The zero-order chi connectivity index (χ0) is 22.8. The van der Waals surface area contributed by atoms with Gasteiger partial charge in [0.25, 0.3) is 5.91 Å². The largest absolute Gasteiger partial charge is 0.458 e. The summed E-state index contributed by atoms with van der Waals surface area (Å²) in [4.78, 5) is 12.2. The maximum atomic E-state index is 12.2. The van der Waals surface area contributed by atoms with E-state index in [-0.39, 0.29) is 18.7 Å². The van der Waals surface area contributed by atoms with Crippen LogP contribution in [-0.4, -0.2) is 25.2 Å². The first kappa shape index (κ1) is 22.7. The Bertz CT molecular complexity index is 1050. The smallest absolute Gasteiger partial charge is 0.251 e. The van der Waals surface area contributed by atoms with Crippen molar-refractivity contribution in [3.8, 4) is 11.5 Å². The van der Waals surface area contributed by atoms with Gasteiger partial charge in [-0.25, -0.2) is 0 Å². The van der Waals surface area contributed by atoms with E-state index in [0.29, 0.717) is 35.8 Å². The van der Waals surface area contributed by atoms with Crippen molar-refractivity contribution in [1.82, 2.24) is 10.6 Å². The Morgan fingerprint density at radius 1 is 0.938 bits per heavy atom. The third kappa shape index (κ3) is 6.50. The molecule has 0 unspecified atom stereocenters. The number of aryl methyl sites for hydroxylation is 1. The zero-order valence-electron chi connectivity index (χ0n) is 18.3. The van der Waals surface area contributed by atoms with Crippen LogP contribution in [0.15, 0.2) is 72.8 Å². The van der Waals surface area contributed by atoms with Gasteiger partial charge in [0.2, 0.25) is 6.79 Å². The number of guanidine groups is 1. The molecule has 0 aromatic heterocycles. The first-order valence-corrected chi connectivity index (χ1v) is 10.4. The first-order chi connectivity index (χ1) is 15.6. The second-order valence-electron chi connectivity index (χ2n) is 7.07. The number of para-hydroxylation sites is 1. The maximum Gasteiger partial charge on any atom is 0.251 e. The molecule has 0 bridgehead atoms. The van der Waals surface area contributed by atoms with Crippen LogP contribution in [0.1, 0.15) is 28.4 Å². The second-order valence-corrected chi connectivity index (χ2v) is 7.07. The fraction of sp³-hybridized carbons (Fsp3) is 0.200. The third-order valence-corrected chi connectivity index (χ3v) is 4.74. The highest BCUT2D eigenvalue weighted by Crippen LogP contribution is 2.26. The van der Waals surface area contributed by atoms with E-state index in [1.54, 1.807) is 18.2 Å². The molecule has 0 saturated carbocycles. The van der Waals surface area contributed by atoms with Gasteiger partial charge in [-0.1, -0.05) is 42.5 Å². The lowest BCUT2D eigenvalue weighted by Gasteiger charge is -2.16. The highest BCUT2D eigenvalue weighted by molar-refractivity contribution is 5.97. The number of carbonyl (C=O) groups is 1.